The Kier molecular flexibility index (Phi) is 4.64. The SMILES string of the molecule is NCC1(Nc2ccccc2Br)CCC(C(F)(F)F)CC1. The van der Waals surface area contributed by atoms with Gasteiger partial charge in [0.05, 0.1) is 5.92 Å². The first-order valence-corrected chi connectivity index (χ1v) is 7.45. The third-order valence-corrected chi connectivity index (χ3v) is 4.76. The Morgan fingerprint density at radius 3 is 2.35 bits per heavy atom. The zero-order chi connectivity index (χ0) is 14.8. The Bertz CT molecular complexity index is 454. The molecule has 3 N–H and O–H groups in total. The van der Waals surface area contributed by atoms with E-state index in [4.69, 9.17) is 5.73 Å². The van der Waals surface area contributed by atoms with Crippen LogP contribution in [0.2, 0.25) is 0 Å². The lowest BCUT2D eigenvalue weighted by atomic mass is 9.76. The molecule has 0 bridgehead atoms. The molecule has 20 heavy (non-hydrogen) atoms. The lowest BCUT2D eigenvalue weighted by Crippen LogP contribution is -2.49. The van der Waals surface area contributed by atoms with Crippen LogP contribution in [0.3, 0.4) is 0 Å². The van der Waals surface area contributed by atoms with Gasteiger partial charge in [0, 0.05) is 22.2 Å². The van der Waals surface area contributed by atoms with Crippen LogP contribution < -0.4 is 11.1 Å². The van der Waals surface area contributed by atoms with Gasteiger partial charge in [-0.15, -0.1) is 0 Å². The van der Waals surface area contributed by atoms with Gasteiger partial charge in [0.25, 0.3) is 0 Å². The van der Waals surface area contributed by atoms with Crippen LogP contribution in [0.4, 0.5) is 18.9 Å². The van der Waals surface area contributed by atoms with Crippen molar-refractivity contribution in [3.8, 4) is 0 Å². The average Bonchev–Trinajstić information content (AvgIpc) is 2.41. The van der Waals surface area contributed by atoms with Gasteiger partial charge in [-0.05, 0) is 53.7 Å². The van der Waals surface area contributed by atoms with Crippen molar-refractivity contribution in [3.63, 3.8) is 0 Å². The summed E-state index contributed by atoms with van der Waals surface area (Å²) in [5, 5.41) is 3.35. The summed E-state index contributed by atoms with van der Waals surface area (Å²) in [6, 6.07) is 7.58. The number of hydrogen-bond acceptors (Lipinski definition) is 2. The number of halogens is 4. The number of benzene rings is 1. The highest BCUT2D eigenvalue weighted by atomic mass is 79.9. The summed E-state index contributed by atoms with van der Waals surface area (Å²) >= 11 is 3.44. The first-order chi connectivity index (χ1) is 9.36. The van der Waals surface area contributed by atoms with E-state index in [-0.39, 0.29) is 12.8 Å². The van der Waals surface area contributed by atoms with Crippen molar-refractivity contribution in [1.29, 1.82) is 0 Å². The summed E-state index contributed by atoms with van der Waals surface area (Å²) in [5.41, 5.74) is 6.27. The maximum absolute atomic E-state index is 12.7. The Morgan fingerprint density at radius 2 is 1.85 bits per heavy atom. The van der Waals surface area contributed by atoms with Crippen LogP contribution in [-0.2, 0) is 0 Å². The number of nitrogens with two attached hydrogens (primary N) is 1. The summed E-state index contributed by atoms with van der Waals surface area (Å²) < 4.78 is 39.1. The number of para-hydroxylation sites is 1. The lowest BCUT2D eigenvalue weighted by Gasteiger charge is -2.41. The van der Waals surface area contributed by atoms with E-state index in [0.717, 1.165) is 10.2 Å². The van der Waals surface area contributed by atoms with E-state index in [1.165, 1.54) is 0 Å². The molecule has 0 aliphatic heterocycles. The Labute approximate surface area is 125 Å². The zero-order valence-corrected chi connectivity index (χ0v) is 12.6. The highest BCUT2D eigenvalue weighted by Crippen LogP contribution is 2.42. The quantitative estimate of drug-likeness (QED) is 0.852. The van der Waals surface area contributed by atoms with Gasteiger partial charge < -0.3 is 11.1 Å². The summed E-state index contributed by atoms with van der Waals surface area (Å²) in [7, 11) is 0. The van der Waals surface area contributed by atoms with Crippen LogP contribution in [-0.4, -0.2) is 18.3 Å². The normalized spacial score (nSPS) is 27.4. The van der Waals surface area contributed by atoms with Crippen LogP contribution in [0.5, 0.6) is 0 Å². The van der Waals surface area contributed by atoms with Gasteiger partial charge in [0.15, 0.2) is 0 Å². The van der Waals surface area contributed by atoms with Crippen LogP contribution in [0.15, 0.2) is 28.7 Å². The van der Waals surface area contributed by atoms with Crippen molar-refractivity contribution in [2.24, 2.45) is 11.7 Å². The minimum atomic E-state index is -4.09. The van der Waals surface area contributed by atoms with E-state index >= 15 is 0 Å². The highest BCUT2D eigenvalue weighted by molar-refractivity contribution is 9.10. The lowest BCUT2D eigenvalue weighted by molar-refractivity contribution is -0.183. The third-order valence-electron chi connectivity index (χ3n) is 4.07. The predicted octanol–water partition coefficient (Wildman–Crippen LogP) is 4.31. The second-order valence-electron chi connectivity index (χ2n) is 5.41. The van der Waals surface area contributed by atoms with E-state index in [1.807, 2.05) is 24.3 Å². The Morgan fingerprint density at radius 1 is 1.25 bits per heavy atom. The molecule has 1 fully saturated rings. The van der Waals surface area contributed by atoms with Crippen LogP contribution in [0.1, 0.15) is 25.7 Å². The van der Waals surface area contributed by atoms with Gasteiger partial charge in [0.2, 0.25) is 0 Å². The average molecular weight is 351 g/mol. The van der Waals surface area contributed by atoms with Gasteiger partial charge in [-0.1, -0.05) is 12.1 Å². The molecule has 0 atom stereocenters. The Balaban J connectivity index is 2.08. The van der Waals surface area contributed by atoms with Crippen LogP contribution in [0.25, 0.3) is 0 Å². The first kappa shape index (κ1) is 15.6. The largest absolute Gasteiger partial charge is 0.391 e. The summed E-state index contributed by atoms with van der Waals surface area (Å²) in [6.45, 7) is 0.332. The molecule has 1 aromatic rings. The number of rotatable bonds is 3. The molecule has 112 valence electrons. The van der Waals surface area contributed by atoms with Crippen molar-refractivity contribution in [2.75, 3.05) is 11.9 Å². The Hall–Kier alpha value is -0.750. The fourth-order valence-corrected chi connectivity index (χ4v) is 3.11. The number of alkyl halides is 3. The molecule has 6 heteroatoms. The molecule has 1 saturated carbocycles. The zero-order valence-electron chi connectivity index (χ0n) is 11.0. The van der Waals surface area contributed by atoms with E-state index in [2.05, 4.69) is 21.2 Å². The van der Waals surface area contributed by atoms with Gasteiger partial charge in [0.1, 0.15) is 0 Å². The molecular weight excluding hydrogens is 333 g/mol. The molecule has 2 rings (SSSR count). The number of anilines is 1. The maximum Gasteiger partial charge on any atom is 0.391 e. The molecule has 0 amide bonds. The van der Waals surface area contributed by atoms with Gasteiger partial charge >= 0.3 is 6.18 Å². The van der Waals surface area contributed by atoms with Crippen LogP contribution >= 0.6 is 15.9 Å². The second kappa shape index (κ2) is 5.93. The fraction of sp³-hybridized carbons (Fsp3) is 0.571. The monoisotopic (exact) mass is 350 g/mol. The molecule has 1 aliphatic carbocycles. The molecule has 0 heterocycles. The highest BCUT2D eigenvalue weighted by Gasteiger charge is 2.45. The van der Waals surface area contributed by atoms with Gasteiger partial charge in [-0.2, -0.15) is 13.2 Å². The topological polar surface area (TPSA) is 38.0 Å². The predicted molar refractivity (Wildman–Crippen MR) is 77.6 cm³/mol. The third kappa shape index (κ3) is 3.47. The minimum absolute atomic E-state index is 0.137. The summed E-state index contributed by atoms with van der Waals surface area (Å²) in [5.74, 6) is -1.19. The molecule has 2 nitrogen and oxygen atoms in total. The van der Waals surface area contributed by atoms with Gasteiger partial charge in [-0.25, -0.2) is 0 Å². The second-order valence-corrected chi connectivity index (χ2v) is 6.26. The van der Waals surface area contributed by atoms with Gasteiger partial charge in [-0.3, -0.25) is 0 Å². The summed E-state index contributed by atoms with van der Waals surface area (Å²) in [4.78, 5) is 0. The number of nitrogens with one attached hydrogen (secondary N) is 1. The van der Waals surface area contributed by atoms with E-state index in [1.54, 1.807) is 0 Å². The van der Waals surface area contributed by atoms with E-state index in [9.17, 15) is 13.2 Å². The smallest absolute Gasteiger partial charge is 0.377 e. The molecular formula is C14H18BrF3N2. The molecule has 0 aromatic heterocycles. The van der Waals surface area contributed by atoms with Crippen molar-refractivity contribution in [1.82, 2.24) is 0 Å². The minimum Gasteiger partial charge on any atom is -0.377 e. The molecule has 1 aliphatic rings. The molecule has 1 aromatic carbocycles. The van der Waals surface area contributed by atoms with Crippen LogP contribution in [0, 0.1) is 5.92 Å². The maximum atomic E-state index is 12.7. The molecule has 0 unspecified atom stereocenters. The van der Waals surface area contributed by atoms with Crippen molar-refractivity contribution in [2.45, 2.75) is 37.4 Å². The standard InChI is InChI=1S/C14H18BrF3N2/c15-11-3-1-2-4-12(11)20-13(9-19)7-5-10(6-8-13)14(16,17)18/h1-4,10,20H,5-9,19H2. The van der Waals surface area contributed by atoms with Crippen molar-refractivity contribution in [3.05, 3.63) is 28.7 Å². The first-order valence-electron chi connectivity index (χ1n) is 6.66. The van der Waals surface area contributed by atoms with Crippen molar-refractivity contribution < 1.29 is 13.2 Å². The molecule has 0 spiro atoms. The fourth-order valence-electron chi connectivity index (χ4n) is 2.73. The molecule has 0 radical (unpaired) electrons. The van der Waals surface area contributed by atoms with E-state index in [0.29, 0.717) is 19.4 Å². The molecule has 0 saturated heterocycles. The summed E-state index contributed by atoms with van der Waals surface area (Å²) in [6.07, 6.45) is -2.94. The van der Waals surface area contributed by atoms with Crippen molar-refractivity contribution >= 4 is 21.6 Å². The number of hydrogen-bond donors (Lipinski definition) is 2. The van der Waals surface area contributed by atoms with E-state index < -0.39 is 17.6 Å².